The van der Waals surface area contributed by atoms with E-state index < -0.39 is 0 Å². The Morgan fingerprint density at radius 2 is 0.421 bits per heavy atom. The first-order chi connectivity index (χ1) is 43.3. The molecule has 7 aromatic carbocycles. The van der Waals surface area contributed by atoms with Crippen LogP contribution >= 0.6 is 0 Å². The highest BCUT2D eigenvalue weighted by atomic mass is 15.1. The summed E-state index contributed by atoms with van der Waals surface area (Å²) in [5.74, 6) is 3.54. The van der Waals surface area contributed by atoms with E-state index >= 15 is 0 Å². The number of fused-ring (bicyclic) bond motifs is 3. The summed E-state index contributed by atoms with van der Waals surface area (Å²) in [6.45, 7) is 68.8. The largest absolute Gasteiger partial charge is 0.309 e. The van der Waals surface area contributed by atoms with E-state index in [-0.39, 0.29) is 54.1 Å². The van der Waals surface area contributed by atoms with Gasteiger partial charge in [0.15, 0.2) is 34.9 Å². The smallest absolute Gasteiger partial charge is 0.166 e. The van der Waals surface area contributed by atoms with Gasteiger partial charge in [-0.1, -0.05) is 244 Å². The Kier molecular flexibility index (Phi) is 17.4. The number of hydrogen-bond acceptors (Lipinski definition) is 6. The third-order valence-corrected chi connectivity index (χ3v) is 19.2. The van der Waals surface area contributed by atoms with Crippen LogP contribution in [0.25, 0.3) is 95.8 Å². The second-order valence-electron chi connectivity index (χ2n) is 37.8. The lowest BCUT2D eigenvalue weighted by Gasteiger charge is -2.26. The molecule has 0 bridgehead atoms. The van der Waals surface area contributed by atoms with Gasteiger partial charge in [-0.15, -0.1) is 0 Å². The molecule has 3 heterocycles. The molecule has 0 fully saturated rings. The van der Waals surface area contributed by atoms with Gasteiger partial charge in [-0.2, -0.15) is 0 Å². The quantitative estimate of drug-likeness (QED) is 0.158. The summed E-state index contributed by atoms with van der Waals surface area (Å²) in [7, 11) is 0. The molecule has 0 N–H and O–H groups in total. The molecular formula is C88H111N7. The molecule has 498 valence electrons. The molecule has 95 heavy (non-hydrogen) atoms. The second-order valence-corrected chi connectivity index (χ2v) is 37.8. The van der Waals surface area contributed by atoms with E-state index in [9.17, 15) is 0 Å². The average molecular weight is 1270 g/mol. The van der Waals surface area contributed by atoms with Gasteiger partial charge in [-0.3, -0.25) is 0 Å². The van der Waals surface area contributed by atoms with E-state index in [2.05, 4.69) is 340 Å². The average Bonchev–Trinajstić information content (AvgIpc) is 1.60. The molecule has 0 atom stereocenters. The third-order valence-electron chi connectivity index (χ3n) is 19.2. The molecule has 0 aliphatic heterocycles. The molecule has 0 aliphatic rings. The van der Waals surface area contributed by atoms with Gasteiger partial charge in [0, 0.05) is 44.2 Å². The first-order valence-electron chi connectivity index (χ1n) is 34.7. The zero-order chi connectivity index (χ0) is 70.3. The fourth-order valence-corrected chi connectivity index (χ4v) is 12.3. The first-order valence-corrected chi connectivity index (χ1v) is 34.7. The number of benzene rings is 7. The molecule has 0 spiro atoms. The molecule has 7 nitrogen and oxygen atoms in total. The topological polar surface area (TPSA) is 82.3 Å². The van der Waals surface area contributed by atoms with E-state index in [1.807, 2.05) is 0 Å². The SMILES string of the molecule is CC(C)(C)c1cc(-c2nc(-c3cc(C(C)(C)C)cc(C(C)(C)C)c3)nc(-c3ccc(-n4c5ccc(C(C)(C)C)cc5c5cc(C(C)(C)C)ccc54)c(-c4nc(-c5cc(C(C)(C)C)cc(C(C)(C)C)c5)nc(-c5cc(C(C)(C)C)cc(C(C)(C)C)c5)n4)c3)n2)cc(C(C)(C)C)c1. The highest BCUT2D eigenvalue weighted by Crippen LogP contribution is 2.45. The van der Waals surface area contributed by atoms with Crippen molar-refractivity contribution in [2.24, 2.45) is 0 Å². The normalized spacial score (nSPS) is 13.6. The second kappa shape index (κ2) is 23.6. The van der Waals surface area contributed by atoms with Crippen LogP contribution in [0.4, 0.5) is 0 Å². The monoisotopic (exact) mass is 1270 g/mol. The van der Waals surface area contributed by atoms with Gasteiger partial charge in [0.1, 0.15) is 0 Å². The van der Waals surface area contributed by atoms with Crippen LogP contribution in [0.5, 0.6) is 0 Å². The van der Waals surface area contributed by atoms with Gasteiger partial charge >= 0.3 is 0 Å². The van der Waals surface area contributed by atoms with Crippen molar-refractivity contribution in [3.8, 4) is 74.0 Å². The van der Waals surface area contributed by atoms with Gasteiger partial charge in [0.05, 0.1) is 16.7 Å². The minimum atomic E-state index is -0.165. The van der Waals surface area contributed by atoms with Crippen LogP contribution < -0.4 is 0 Å². The van der Waals surface area contributed by atoms with Crippen molar-refractivity contribution >= 4 is 21.8 Å². The molecule has 0 aliphatic carbocycles. The number of aromatic nitrogens is 7. The van der Waals surface area contributed by atoms with Crippen molar-refractivity contribution in [1.82, 2.24) is 34.5 Å². The number of hydrogen-bond donors (Lipinski definition) is 0. The summed E-state index contributed by atoms with van der Waals surface area (Å²) in [5, 5.41) is 2.39. The number of nitrogens with zero attached hydrogens (tertiary/aromatic N) is 7. The highest BCUT2D eigenvalue weighted by Gasteiger charge is 2.31. The molecule has 0 amide bonds. The summed E-state index contributed by atoms with van der Waals surface area (Å²) in [6.07, 6.45) is 0. The molecule has 3 aromatic heterocycles. The predicted octanol–water partition coefficient (Wildman–Crippen LogP) is 24.1. The van der Waals surface area contributed by atoms with Crippen molar-refractivity contribution < 1.29 is 0 Å². The Balaban J connectivity index is 1.40. The predicted molar refractivity (Wildman–Crippen MR) is 407 cm³/mol. The fourth-order valence-electron chi connectivity index (χ4n) is 12.3. The maximum atomic E-state index is 5.82. The lowest BCUT2D eigenvalue weighted by molar-refractivity contribution is 0.568. The van der Waals surface area contributed by atoms with Crippen molar-refractivity contribution in [1.29, 1.82) is 0 Å². The van der Waals surface area contributed by atoms with Crippen LogP contribution in [0, 0.1) is 0 Å². The van der Waals surface area contributed by atoms with Crippen LogP contribution in [0.3, 0.4) is 0 Å². The Bertz CT molecular complexity index is 4220. The van der Waals surface area contributed by atoms with E-state index in [0.29, 0.717) is 34.9 Å². The molecule has 10 aromatic rings. The maximum absolute atomic E-state index is 5.82. The molecule has 0 radical (unpaired) electrons. The summed E-state index contributed by atoms with van der Waals surface area (Å²) in [5.41, 5.74) is 19.4. The van der Waals surface area contributed by atoms with Crippen LogP contribution in [0.2, 0.25) is 0 Å². The third kappa shape index (κ3) is 14.9. The fraction of sp³-hybridized carbons (Fsp3) is 0.455. The Morgan fingerprint density at radius 3 is 0.653 bits per heavy atom. The molecule has 0 unspecified atom stereocenters. The van der Waals surface area contributed by atoms with Crippen molar-refractivity contribution in [3.05, 3.63) is 183 Å². The van der Waals surface area contributed by atoms with Crippen molar-refractivity contribution in [2.75, 3.05) is 0 Å². The van der Waals surface area contributed by atoms with Gasteiger partial charge in [0.25, 0.3) is 0 Å². The van der Waals surface area contributed by atoms with Crippen molar-refractivity contribution in [2.45, 2.75) is 262 Å². The maximum Gasteiger partial charge on any atom is 0.166 e. The molecule has 0 saturated carbocycles. The molecule has 10 rings (SSSR count). The zero-order valence-electron chi connectivity index (χ0n) is 63.8. The Labute approximate surface area is 572 Å². The summed E-state index contributed by atoms with van der Waals surface area (Å²) in [4.78, 5) is 34.2. The minimum Gasteiger partial charge on any atom is -0.309 e. The summed E-state index contributed by atoms with van der Waals surface area (Å²) >= 11 is 0. The number of rotatable bonds is 7. The zero-order valence-corrected chi connectivity index (χ0v) is 63.8. The van der Waals surface area contributed by atoms with Gasteiger partial charge in [-0.05, 0) is 201 Å². The van der Waals surface area contributed by atoms with Crippen LogP contribution in [-0.4, -0.2) is 34.5 Å². The summed E-state index contributed by atoms with van der Waals surface area (Å²) in [6, 6.07) is 48.7. The lowest BCUT2D eigenvalue weighted by Crippen LogP contribution is -2.17. The molecule has 0 saturated heterocycles. The van der Waals surface area contributed by atoms with Gasteiger partial charge in [0.2, 0.25) is 0 Å². The van der Waals surface area contributed by atoms with E-state index in [1.54, 1.807) is 0 Å². The van der Waals surface area contributed by atoms with Crippen LogP contribution in [-0.2, 0) is 54.1 Å². The van der Waals surface area contributed by atoms with E-state index in [1.165, 1.54) is 66.4 Å². The highest BCUT2D eigenvalue weighted by molar-refractivity contribution is 6.10. The van der Waals surface area contributed by atoms with Crippen molar-refractivity contribution in [3.63, 3.8) is 0 Å². The van der Waals surface area contributed by atoms with Gasteiger partial charge in [-0.25, -0.2) is 29.9 Å². The Morgan fingerprint density at radius 1 is 0.200 bits per heavy atom. The minimum absolute atomic E-state index is 0.0873. The van der Waals surface area contributed by atoms with Crippen LogP contribution in [0.1, 0.15) is 263 Å². The summed E-state index contributed by atoms with van der Waals surface area (Å²) < 4.78 is 2.45. The van der Waals surface area contributed by atoms with Gasteiger partial charge < -0.3 is 4.57 Å². The first kappa shape index (κ1) is 70.2. The van der Waals surface area contributed by atoms with Crippen LogP contribution in [0.15, 0.2) is 127 Å². The standard InChI is InChI=1S/C88H111N7/c1-79(2,3)57-32-35-70-67(50-57)68-51-58(80(4,5)6)33-36-71(68)95(70)72-34-31-52(73-89-74(53-37-59(81(7,8)9)46-60(38-53)82(10,11)12)91-75(90-73)54-39-61(83(13,14)15)47-62(40-54)84(16,17)18)45-69(72)78-93-76(55-41-63(85(19,20)21)48-64(42-55)86(22,23)24)92-77(94-78)56-43-65(87(25,26)27)49-66(44-56)88(28,29)30/h31-51H,1-30H3. The van der Waals surface area contributed by atoms with E-state index in [0.717, 1.165) is 50.1 Å². The lowest BCUT2D eigenvalue weighted by atomic mass is 9.79. The Hall–Kier alpha value is -7.64. The van der Waals surface area contributed by atoms with E-state index in [4.69, 9.17) is 29.9 Å². The molecular weight excluding hydrogens is 1160 g/mol. The molecule has 7 heteroatoms.